The fourth-order valence-electron chi connectivity index (χ4n) is 1.72. The van der Waals surface area contributed by atoms with Crippen LogP contribution < -0.4 is 15.8 Å². The monoisotopic (exact) mass is 279 g/mol. The average Bonchev–Trinajstić information content (AvgIpc) is 2.39. The lowest BCUT2D eigenvalue weighted by atomic mass is 10.2. The van der Waals surface area contributed by atoms with Crippen molar-refractivity contribution in [2.24, 2.45) is 0 Å². The standard InChI is InChI=1S/C14H15ClFN3/c1-19(2)11-8-6-10(7-9-11)17-13-5-3-4-12(15)14(13)18-16/h3-9,17-18H,1-2H3. The third-order valence-corrected chi connectivity index (χ3v) is 3.09. The summed E-state index contributed by atoms with van der Waals surface area (Å²) in [5, 5.41) is 3.46. The van der Waals surface area contributed by atoms with Gasteiger partial charge in [0, 0.05) is 25.5 Å². The zero-order valence-electron chi connectivity index (χ0n) is 10.7. The molecule has 100 valence electrons. The van der Waals surface area contributed by atoms with Gasteiger partial charge < -0.3 is 10.2 Å². The van der Waals surface area contributed by atoms with Gasteiger partial charge in [-0.2, -0.15) is 0 Å². The minimum absolute atomic E-state index is 0.237. The minimum Gasteiger partial charge on any atom is -0.378 e. The van der Waals surface area contributed by atoms with Crippen LogP contribution in [0.5, 0.6) is 0 Å². The van der Waals surface area contributed by atoms with Crippen LogP contribution >= 0.6 is 11.6 Å². The second-order valence-electron chi connectivity index (χ2n) is 4.32. The van der Waals surface area contributed by atoms with Gasteiger partial charge in [0.25, 0.3) is 0 Å². The molecule has 0 aliphatic rings. The first kappa shape index (κ1) is 13.5. The zero-order chi connectivity index (χ0) is 13.8. The first-order valence-electron chi connectivity index (χ1n) is 5.81. The van der Waals surface area contributed by atoms with Gasteiger partial charge in [0.2, 0.25) is 0 Å². The van der Waals surface area contributed by atoms with Crippen molar-refractivity contribution >= 4 is 34.4 Å². The van der Waals surface area contributed by atoms with Crippen molar-refractivity contribution in [3.63, 3.8) is 0 Å². The fourth-order valence-corrected chi connectivity index (χ4v) is 1.93. The van der Waals surface area contributed by atoms with E-state index in [1.807, 2.05) is 43.3 Å². The summed E-state index contributed by atoms with van der Waals surface area (Å²) in [4.78, 5) is 2.01. The molecular weight excluding hydrogens is 265 g/mol. The van der Waals surface area contributed by atoms with Gasteiger partial charge in [0.05, 0.1) is 10.7 Å². The van der Waals surface area contributed by atoms with E-state index in [1.54, 1.807) is 23.7 Å². The third-order valence-electron chi connectivity index (χ3n) is 2.77. The largest absolute Gasteiger partial charge is 0.378 e. The lowest BCUT2D eigenvalue weighted by molar-refractivity contribution is 0.618. The summed E-state index contributed by atoms with van der Waals surface area (Å²) in [6.07, 6.45) is 0. The zero-order valence-corrected chi connectivity index (χ0v) is 11.5. The van der Waals surface area contributed by atoms with E-state index in [1.165, 1.54) is 0 Å². The average molecular weight is 280 g/mol. The maximum atomic E-state index is 12.7. The Morgan fingerprint density at radius 1 is 1.05 bits per heavy atom. The molecular formula is C14H15ClFN3. The predicted molar refractivity (Wildman–Crippen MR) is 80.2 cm³/mol. The molecule has 0 atom stereocenters. The Hall–Kier alpha value is -1.94. The van der Waals surface area contributed by atoms with E-state index >= 15 is 0 Å². The number of benzene rings is 2. The lowest BCUT2D eigenvalue weighted by Gasteiger charge is -2.14. The van der Waals surface area contributed by atoms with Crippen LogP contribution in [-0.2, 0) is 0 Å². The second-order valence-corrected chi connectivity index (χ2v) is 4.73. The van der Waals surface area contributed by atoms with Crippen LogP contribution in [0.15, 0.2) is 42.5 Å². The van der Waals surface area contributed by atoms with Crippen molar-refractivity contribution in [3.05, 3.63) is 47.5 Å². The van der Waals surface area contributed by atoms with Crippen LogP contribution in [0, 0.1) is 0 Å². The van der Waals surface area contributed by atoms with Gasteiger partial charge in [0.1, 0.15) is 5.69 Å². The van der Waals surface area contributed by atoms with Crippen LogP contribution in [-0.4, -0.2) is 14.1 Å². The maximum absolute atomic E-state index is 12.7. The molecule has 2 rings (SSSR count). The topological polar surface area (TPSA) is 27.3 Å². The predicted octanol–water partition coefficient (Wildman–Crippen LogP) is 4.45. The number of anilines is 4. The molecule has 5 heteroatoms. The summed E-state index contributed by atoms with van der Waals surface area (Å²) in [5.41, 5.74) is 4.40. The highest BCUT2D eigenvalue weighted by atomic mass is 35.5. The molecule has 0 fully saturated rings. The molecule has 19 heavy (non-hydrogen) atoms. The lowest BCUT2D eigenvalue weighted by Crippen LogP contribution is -2.08. The van der Waals surface area contributed by atoms with Gasteiger partial charge in [-0.3, -0.25) is 0 Å². The Balaban J connectivity index is 2.24. The van der Waals surface area contributed by atoms with E-state index in [-0.39, 0.29) is 5.69 Å². The molecule has 3 nitrogen and oxygen atoms in total. The molecule has 0 aliphatic carbocycles. The number of nitrogens with zero attached hydrogens (tertiary/aromatic N) is 1. The van der Waals surface area contributed by atoms with Crippen molar-refractivity contribution in [2.75, 3.05) is 29.9 Å². The number of nitrogens with one attached hydrogen (secondary N) is 2. The molecule has 2 N–H and O–H groups in total. The summed E-state index contributed by atoms with van der Waals surface area (Å²) in [5.74, 6) is 0. The number of halogens is 2. The maximum Gasteiger partial charge on any atom is 0.108 e. The van der Waals surface area contributed by atoms with Crippen molar-refractivity contribution in [3.8, 4) is 0 Å². The molecule has 2 aromatic carbocycles. The van der Waals surface area contributed by atoms with Gasteiger partial charge in [0.15, 0.2) is 0 Å². The quantitative estimate of drug-likeness (QED) is 0.810. The number of para-hydroxylation sites is 1. The Morgan fingerprint density at radius 2 is 1.74 bits per heavy atom. The van der Waals surface area contributed by atoms with Gasteiger partial charge >= 0.3 is 0 Å². The highest BCUT2D eigenvalue weighted by molar-refractivity contribution is 6.33. The van der Waals surface area contributed by atoms with E-state index in [0.717, 1.165) is 11.4 Å². The second kappa shape index (κ2) is 5.80. The molecule has 0 unspecified atom stereocenters. The molecule has 0 heterocycles. The Labute approximate surface area is 116 Å². The highest BCUT2D eigenvalue weighted by Crippen LogP contribution is 2.32. The van der Waals surface area contributed by atoms with Crippen LogP contribution in [0.3, 0.4) is 0 Å². The van der Waals surface area contributed by atoms with E-state index in [2.05, 4.69) is 5.32 Å². The van der Waals surface area contributed by atoms with Crippen LogP contribution in [0.4, 0.5) is 27.2 Å². The smallest absolute Gasteiger partial charge is 0.108 e. The van der Waals surface area contributed by atoms with Crippen molar-refractivity contribution in [1.82, 2.24) is 0 Å². The van der Waals surface area contributed by atoms with Crippen molar-refractivity contribution in [1.29, 1.82) is 0 Å². The Kier molecular flexibility index (Phi) is 4.12. The summed E-state index contributed by atoms with van der Waals surface area (Å²) in [6, 6.07) is 13.0. The van der Waals surface area contributed by atoms with Crippen molar-refractivity contribution in [2.45, 2.75) is 0 Å². The van der Waals surface area contributed by atoms with E-state index < -0.39 is 0 Å². The number of hydrogen-bond acceptors (Lipinski definition) is 3. The molecule has 0 bridgehead atoms. The first-order valence-corrected chi connectivity index (χ1v) is 6.19. The third kappa shape index (κ3) is 3.09. The summed E-state index contributed by atoms with van der Waals surface area (Å²) < 4.78 is 12.7. The van der Waals surface area contributed by atoms with E-state index in [9.17, 15) is 4.48 Å². The molecule has 0 spiro atoms. The van der Waals surface area contributed by atoms with Gasteiger partial charge in [-0.15, -0.1) is 4.48 Å². The van der Waals surface area contributed by atoms with Crippen LogP contribution in [0.2, 0.25) is 5.02 Å². The van der Waals surface area contributed by atoms with Crippen molar-refractivity contribution < 1.29 is 4.48 Å². The van der Waals surface area contributed by atoms with Crippen LogP contribution in [0.25, 0.3) is 0 Å². The Morgan fingerprint density at radius 3 is 2.32 bits per heavy atom. The molecule has 0 saturated heterocycles. The van der Waals surface area contributed by atoms with Gasteiger partial charge in [-0.25, -0.2) is 5.54 Å². The Bertz CT molecular complexity index is 555. The van der Waals surface area contributed by atoms with Crippen LogP contribution in [0.1, 0.15) is 0 Å². The molecule has 0 radical (unpaired) electrons. The number of rotatable bonds is 4. The van der Waals surface area contributed by atoms with Gasteiger partial charge in [-0.1, -0.05) is 17.7 Å². The summed E-state index contributed by atoms with van der Waals surface area (Å²) in [7, 11) is 3.95. The first-order chi connectivity index (χ1) is 9.11. The van der Waals surface area contributed by atoms with E-state index in [0.29, 0.717) is 10.7 Å². The SMILES string of the molecule is CN(C)c1ccc(Nc2cccc(Cl)c2NF)cc1. The van der Waals surface area contributed by atoms with Gasteiger partial charge in [-0.05, 0) is 36.4 Å². The normalized spacial score (nSPS) is 10.1. The molecule has 2 aromatic rings. The highest BCUT2D eigenvalue weighted by Gasteiger charge is 2.06. The molecule has 0 aromatic heterocycles. The molecule has 0 amide bonds. The number of hydrogen-bond donors (Lipinski definition) is 2. The minimum atomic E-state index is 0.237. The van der Waals surface area contributed by atoms with E-state index in [4.69, 9.17) is 11.6 Å². The fraction of sp³-hybridized carbons (Fsp3) is 0.143. The molecule has 0 aliphatic heterocycles. The summed E-state index contributed by atoms with van der Waals surface area (Å²) in [6.45, 7) is 0. The summed E-state index contributed by atoms with van der Waals surface area (Å²) >= 11 is 5.91. The molecule has 0 saturated carbocycles.